The Morgan fingerprint density at radius 1 is 1.41 bits per heavy atom. The van der Waals surface area contributed by atoms with Gasteiger partial charge in [-0.3, -0.25) is 9.59 Å². The smallest absolute Gasteiger partial charge is 0.313 e. The molecule has 1 aromatic heterocycles. The molecule has 0 aliphatic heterocycles. The summed E-state index contributed by atoms with van der Waals surface area (Å²) >= 11 is 0.970. The zero-order valence-corrected chi connectivity index (χ0v) is 9.68. The molecule has 4 N–H and O–H groups in total. The van der Waals surface area contributed by atoms with Gasteiger partial charge < -0.3 is 20.5 Å². The van der Waals surface area contributed by atoms with Gasteiger partial charge in [0.1, 0.15) is 6.61 Å². The van der Waals surface area contributed by atoms with Gasteiger partial charge in [0.25, 0.3) is 0 Å². The van der Waals surface area contributed by atoms with E-state index in [0.717, 1.165) is 11.8 Å². The molecular formula is C8H12N4O4S. The highest BCUT2D eigenvalue weighted by molar-refractivity contribution is 7.99. The fraction of sp³-hybridized carbons (Fsp3) is 0.500. The number of nitrogens with zero attached hydrogens (tertiary/aromatic N) is 3. The molecule has 1 rings (SSSR count). The molecule has 1 amide bonds. The van der Waals surface area contributed by atoms with Gasteiger partial charge in [0.2, 0.25) is 5.91 Å². The maximum Gasteiger partial charge on any atom is 0.313 e. The SMILES string of the molecule is NC(=O)CCn1c(CO)nnc1SCC(=O)O. The molecule has 0 aliphatic rings. The van der Waals surface area contributed by atoms with Crippen molar-refractivity contribution in [1.29, 1.82) is 0 Å². The van der Waals surface area contributed by atoms with Gasteiger partial charge >= 0.3 is 5.97 Å². The molecule has 17 heavy (non-hydrogen) atoms. The monoisotopic (exact) mass is 260 g/mol. The summed E-state index contributed by atoms with van der Waals surface area (Å²) in [6.07, 6.45) is 0.0751. The summed E-state index contributed by atoms with van der Waals surface area (Å²) < 4.78 is 1.48. The van der Waals surface area contributed by atoms with Crippen LogP contribution in [0.25, 0.3) is 0 Å². The molecule has 94 valence electrons. The third-order valence-corrected chi connectivity index (χ3v) is 2.79. The number of hydrogen-bond donors (Lipinski definition) is 3. The Balaban J connectivity index is 2.77. The van der Waals surface area contributed by atoms with Crippen molar-refractivity contribution in [2.24, 2.45) is 5.73 Å². The van der Waals surface area contributed by atoms with E-state index in [1.165, 1.54) is 4.57 Å². The molecule has 1 heterocycles. The zero-order valence-electron chi connectivity index (χ0n) is 8.87. The highest BCUT2D eigenvalue weighted by Crippen LogP contribution is 2.17. The van der Waals surface area contributed by atoms with Gasteiger partial charge in [0.05, 0.1) is 5.75 Å². The average molecular weight is 260 g/mol. The maximum absolute atomic E-state index is 10.7. The highest BCUT2D eigenvalue weighted by Gasteiger charge is 2.13. The van der Waals surface area contributed by atoms with Gasteiger partial charge in [-0.15, -0.1) is 10.2 Å². The number of carbonyl (C=O) groups is 2. The van der Waals surface area contributed by atoms with Crippen LogP contribution in [0.3, 0.4) is 0 Å². The normalized spacial score (nSPS) is 10.4. The number of thioether (sulfide) groups is 1. The molecule has 0 aromatic carbocycles. The molecule has 0 spiro atoms. The standard InChI is InChI=1S/C8H12N4O4S/c9-5(14)1-2-12-6(3-13)10-11-8(12)17-4-7(15)16/h13H,1-4H2,(H2,9,14)(H,15,16). The molecule has 0 radical (unpaired) electrons. The number of carboxylic acid groups (broad SMARTS) is 1. The molecule has 0 bridgehead atoms. The number of primary amides is 1. The first-order valence-electron chi connectivity index (χ1n) is 4.70. The molecule has 0 aliphatic carbocycles. The Kier molecular flexibility index (Phi) is 4.91. The Labute approximate surface area is 101 Å². The largest absolute Gasteiger partial charge is 0.481 e. The van der Waals surface area contributed by atoms with Crippen LogP contribution in [0.1, 0.15) is 12.2 Å². The van der Waals surface area contributed by atoms with Gasteiger partial charge in [-0.1, -0.05) is 11.8 Å². The van der Waals surface area contributed by atoms with Crippen LogP contribution >= 0.6 is 11.8 Å². The zero-order chi connectivity index (χ0) is 12.8. The summed E-state index contributed by atoms with van der Waals surface area (Å²) in [5, 5.41) is 25.3. The molecule has 0 atom stereocenters. The van der Waals surface area contributed by atoms with Crippen LogP contribution in [-0.4, -0.2) is 42.6 Å². The lowest BCUT2D eigenvalue weighted by Gasteiger charge is -2.06. The number of rotatable bonds is 7. The summed E-state index contributed by atoms with van der Waals surface area (Å²) in [6, 6.07) is 0. The van der Waals surface area contributed by atoms with E-state index in [4.69, 9.17) is 15.9 Å². The quantitative estimate of drug-likeness (QED) is 0.526. The number of carboxylic acids is 1. The van der Waals surface area contributed by atoms with Crippen LogP contribution < -0.4 is 5.73 Å². The van der Waals surface area contributed by atoms with E-state index in [0.29, 0.717) is 5.16 Å². The van der Waals surface area contributed by atoms with Crippen LogP contribution in [-0.2, 0) is 22.7 Å². The van der Waals surface area contributed by atoms with Crippen molar-refractivity contribution < 1.29 is 19.8 Å². The predicted octanol–water partition coefficient (Wildman–Crippen LogP) is -1.18. The number of aromatic nitrogens is 3. The summed E-state index contributed by atoms with van der Waals surface area (Å²) in [5.41, 5.74) is 5.02. The van der Waals surface area contributed by atoms with Crippen molar-refractivity contribution in [2.45, 2.75) is 24.7 Å². The number of aliphatic hydroxyl groups excluding tert-OH is 1. The molecule has 9 heteroatoms. The number of hydrogen-bond acceptors (Lipinski definition) is 6. The molecule has 0 unspecified atom stereocenters. The molecule has 0 saturated heterocycles. The topological polar surface area (TPSA) is 131 Å². The second-order valence-corrected chi connectivity index (χ2v) is 4.05. The first-order valence-corrected chi connectivity index (χ1v) is 5.69. The lowest BCUT2D eigenvalue weighted by Crippen LogP contribution is -2.16. The van der Waals surface area contributed by atoms with Crippen LogP contribution in [0.4, 0.5) is 0 Å². The minimum Gasteiger partial charge on any atom is -0.481 e. The Hall–Kier alpha value is -1.61. The van der Waals surface area contributed by atoms with E-state index in [1.54, 1.807) is 0 Å². The number of nitrogens with two attached hydrogens (primary N) is 1. The number of carbonyl (C=O) groups excluding carboxylic acids is 1. The Morgan fingerprint density at radius 2 is 2.12 bits per heavy atom. The first kappa shape index (κ1) is 13.5. The van der Waals surface area contributed by atoms with Crippen molar-refractivity contribution >= 4 is 23.6 Å². The minimum absolute atomic E-state index is 0.0751. The van der Waals surface area contributed by atoms with Crippen molar-refractivity contribution in [3.63, 3.8) is 0 Å². The van der Waals surface area contributed by atoms with E-state index in [-0.39, 0.29) is 31.1 Å². The van der Waals surface area contributed by atoms with Crippen LogP contribution in [0.5, 0.6) is 0 Å². The van der Waals surface area contributed by atoms with E-state index < -0.39 is 11.9 Å². The highest BCUT2D eigenvalue weighted by atomic mass is 32.2. The average Bonchev–Trinajstić information content (AvgIpc) is 2.65. The fourth-order valence-corrected chi connectivity index (χ4v) is 1.82. The van der Waals surface area contributed by atoms with Gasteiger partial charge in [0, 0.05) is 13.0 Å². The summed E-state index contributed by atoms with van der Waals surface area (Å²) in [5.74, 6) is -1.36. The lowest BCUT2D eigenvalue weighted by molar-refractivity contribution is -0.134. The number of aliphatic carboxylic acids is 1. The number of aliphatic hydroxyl groups is 1. The summed E-state index contributed by atoms with van der Waals surface area (Å²) in [6.45, 7) is -0.112. The third kappa shape index (κ3) is 4.04. The predicted molar refractivity (Wildman–Crippen MR) is 58.1 cm³/mol. The van der Waals surface area contributed by atoms with E-state index in [9.17, 15) is 9.59 Å². The van der Waals surface area contributed by atoms with E-state index in [2.05, 4.69) is 10.2 Å². The van der Waals surface area contributed by atoms with Gasteiger partial charge in [0.15, 0.2) is 11.0 Å². The molecule has 1 aromatic rings. The Bertz CT molecular complexity index is 420. The summed E-state index contributed by atoms with van der Waals surface area (Å²) in [4.78, 5) is 21.1. The van der Waals surface area contributed by atoms with Gasteiger partial charge in [-0.2, -0.15) is 0 Å². The molecule has 0 fully saturated rings. The van der Waals surface area contributed by atoms with Gasteiger partial charge in [-0.25, -0.2) is 0 Å². The van der Waals surface area contributed by atoms with Crippen LogP contribution in [0.2, 0.25) is 0 Å². The second kappa shape index (κ2) is 6.21. The van der Waals surface area contributed by atoms with Crippen LogP contribution in [0, 0.1) is 0 Å². The third-order valence-electron chi connectivity index (χ3n) is 1.84. The molecule has 0 saturated carbocycles. The maximum atomic E-state index is 10.7. The van der Waals surface area contributed by atoms with E-state index in [1.807, 2.05) is 0 Å². The van der Waals surface area contributed by atoms with Gasteiger partial charge in [-0.05, 0) is 0 Å². The second-order valence-electron chi connectivity index (χ2n) is 3.11. The lowest BCUT2D eigenvalue weighted by atomic mass is 10.4. The minimum atomic E-state index is -0.981. The molecule has 8 nitrogen and oxygen atoms in total. The fourth-order valence-electron chi connectivity index (χ4n) is 1.12. The number of amides is 1. The van der Waals surface area contributed by atoms with E-state index >= 15 is 0 Å². The van der Waals surface area contributed by atoms with Crippen molar-refractivity contribution in [3.05, 3.63) is 5.82 Å². The Morgan fingerprint density at radius 3 is 2.65 bits per heavy atom. The van der Waals surface area contributed by atoms with Crippen LogP contribution in [0.15, 0.2) is 5.16 Å². The van der Waals surface area contributed by atoms with Crippen molar-refractivity contribution in [3.8, 4) is 0 Å². The van der Waals surface area contributed by atoms with Crippen molar-refractivity contribution in [1.82, 2.24) is 14.8 Å². The summed E-state index contributed by atoms with van der Waals surface area (Å²) in [7, 11) is 0. The van der Waals surface area contributed by atoms with Crippen molar-refractivity contribution in [2.75, 3.05) is 5.75 Å². The molecular weight excluding hydrogens is 248 g/mol. The first-order chi connectivity index (χ1) is 8.04.